The highest BCUT2D eigenvalue weighted by Gasteiger charge is 2.25. The van der Waals surface area contributed by atoms with Gasteiger partial charge >= 0.3 is 12.1 Å². The molecule has 4 aliphatic carbocycles. The molecule has 26 heteroatoms. The normalized spacial score (nSPS) is 15.0. The summed E-state index contributed by atoms with van der Waals surface area (Å²) in [6, 6.07) is 32.0. The Hall–Kier alpha value is -4.99. The molecule has 0 aliphatic heterocycles. The number of carbonyl (C=O) groups excluding carboxylic acids is 3. The van der Waals surface area contributed by atoms with Crippen LogP contribution in [0.1, 0.15) is 86.9 Å². The molecule has 0 saturated heterocycles. The van der Waals surface area contributed by atoms with E-state index in [2.05, 4.69) is 117 Å². The maximum Gasteiger partial charge on any atom is 0.407 e. The number of alkyl carbamates (subject to hydrolysis) is 1. The van der Waals surface area contributed by atoms with Crippen molar-refractivity contribution < 1.29 is 65.0 Å². The van der Waals surface area contributed by atoms with E-state index in [0.717, 1.165) is 101 Å². The van der Waals surface area contributed by atoms with E-state index < -0.39 is 28.9 Å². The first kappa shape index (κ1) is 79.4. The highest BCUT2D eigenvalue weighted by atomic mass is 79.9. The number of amides is 1. The molecule has 2 unspecified atom stereocenters. The number of hydrogen-bond acceptors (Lipinski definition) is 10. The van der Waals surface area contributed by atoms with Crippen LogP contribution >= 0.6 is 120 Å². The van der Waals surface area contributed by atoms with Gasteiger partial charge in [-0.3, -0.25) is 14.4 Å². The van der Waals surface area contributed by atoms with Gasteiger partial charge in [-0.1, -0.05) is 143 Å². The van der Waals surface area contributed by atoms with Crippen LogP contribution in [0.5, 0.6) is 0 Å². The minimum absolute atomic E-state index is 0. The standard InChI is InChI=1S/C18H17BrFNO2.C11H11BrFNO.C10H11BrFN.C10H8BrFO.C8H5BrClFO.C8H6BrFO2.CH5NO.ClH/c19-14-8-13-6-7-15(10-16(13)17(20)9-14)21-18(22)23-11-12-4-2-1-3-5-12;1-15-14-9-3-2-7-4-8(12)5-11(13)10(7)6-9;2*11-7-3-6-1-2-8(13)5-9(6)10(12)4-7;9-6-2-1-5(3-8(10)12)7(11)4-6;9-6-2-1-5(3-8(11)12)7(10)4-6;1-3-2;/h1-5,8-9,15H,6-7,10-11H2,(H,21,22);4-5H,2-3,6H2,1H3;3-4,8H,1-2,5,13H2;3-4H,1-2,5H2;1-2,4H,3H2;1-2,4H,3H2,(H,11,12);2H2,1H3;1H/b;14-9+;;;;;;. The van der Waals surface area contributed by atoms with Crippen LogP contribution in [0, 0.1) is 34.9 Å². The van der Waals surface area contributed by atoms with Crippen LogP contribution in [0.25, 0.3) is 0 Å². The van der Waals surface area contributed by atoms with Crippen LogP contribution in [-0.4, -0.2) is 60.2 Å². The maximum absolute atomic E-state index is 14.0. The average Bonchev–Trinajstić information content (AvgIpc) is 0.899. The zero-order valence-corrected chi connectivity index (χ0v) is 60.5. The molecule has 0 heterocycles. The van der Waals surface area contributed by atoms with E-state index in [9.17, 15) is 45.5 Å². The molecule has 6 N–H and O–H groups in total. The molecule has 7 aromatic rings. The van der Waals surface area contributed by atoms with Gasteiger partial charge in [-0.25, -0.2) is 37.0 Å². The zero-order chi connectivity index (χ0) is 66.9. The molecule has 494 valence electrons. The quantitative estimate of drug-likeness (QED) is 0.0646. The summed E-state index contributed by atoms with van der Waals surface area (Å²) in [6.45, 7) is 0.233. The summed E-state index contributed by atoms with van der Waals surface area (Å²) < 4.78 is 89.9. The number of nitrogens with zero attached hydrogens (tertiary/aromatic N) is 1. The minimum atomic E-state index is -1.03. The van der Waals surface area contributed by atoms with Crippen molar-refractivity contribution in [2.75, 3.05) is 14.2 Å². The minimum Gasteiger partial charge on any atom is -0.481 e. The van der Waals surface area contributed by atoms with Crippen molar-refractivity contribution in [3.05, 3.63) is 238 Å². The Kier molecular flexibility index (Phi) is 34.9. The van der Waals surface area contributed by atoms with Crippen molar-refractivity contribution >= 4 is 148 Å². The predicted molar refractivity (Wildman–Crippen MR) is 368 cm³/mol. The molecular formula is C66H64Br6Cl2F6N4O8. The van der Waals surface area contributed by atoms with Crippen LogP contribution in [0.4, 0.5) is 31.1 Å². The number of fused-ring (bicyclic) bond motifs is 4. The zero-order valence-electron chi connectivity index (χ0n) is 49.5. The fourth-order valence-electron chi connectivity index (χ4n) is 9.79. The third kappa shape index (κ3) is 27.0. The van der Waals surface area contributed by atoms with E-state index in [4.69, 9.17) is 32.0 Å². The highest BCUT2D eigenvalue weighted by molar-refractivity contribution is 9.11. The van der Waals surface area contributed by atoms with Gasteiger partial charge in [-0.2, -0.15) is 0 Å². The van der Waals surface area contributed by atoms with E-state index in [1.807, 2.05) is 54.6 Å². The van der Waals surface area contributed by atoms with Gasteiger partial charge in [0.2, 0.25) is 5.24 Å². The number of aryl methyl sites for hydroxylation is 4. The van der Waals surface area contributed by atoms with E-state index in [1.165, 1.54) is 62.8 Å². The Balaban J connectivity index is 0.000000237. The lowest BCUT2D eigenvalue weighted by Crippen LogP contribution is -2.39. The second kappa shape index (κ2) is 40.4. The number of Topliss-reactive ketones (excluding diaryl/α,β-unsaturated/α-hetero) is 1. The van der Waals surface area contributed by atoms with Gasteiger partial charge in [0.15, 0.2) is 0 Å². The summed E-state index contributed by atoms with van der Waals surface area (Å²) in [5.41, 5.74) is 15.1. The third-order valence-electron chi connectivity index (χ3n) is 14.0. The Labute approximate surface area is 591 Å². The van der Waals surface area contributed by atoms with Crippen molar-refractivity contribution in [1.82, 2.24) is 5.32 Å². The molecule has 0 radical (unpaired) electrons. The van der Waals surface area contributed by atoms with Crippen molar-refractivity contribution in [3.8, 4) is 0 Å². The van der Waals surface area contributed by atoms with Gasteiger partial charge in [0.1, 0.15) is 54.4 Å². The lowest BCUT2D eigenvalue weighted by molar-refractivity contribution is -0.136. The van der Waals surface area contributed by atoms with E-state index in [1.54, 1.807) is 12.1 Å². The molecule has 2 atom stereocenters. The number of rotatable bonds is 8. The Morgan fingerprint density at radius 1 is 0.576 bits per heavy atom. The fourth-order valence-corrected chi connectivity index (χ4v) is 12.5. The molecule has 0 saturated carbocycles. The molecule has 1 amide bonds. The van der Waals surface area contributed by atoms with E-state index in [-0.39, 0.29) is 85.0 Å². The van der Waals surface area contributed by atoms with Crippen molar-refractivity contribution in [2.24, 2.45) is 16.8 Å². The molecule has 0 fully saturated rings. The number of halogens is 14. The molecule has 92 heavy (non-hydrogen) atoms. The van der Waals surface area contributed by atoms with Gasteiger partial charge in [0.25, 0.3) is 0 Å². The molecule has 0 aromatic heterocycles. The third-order valence-corrected chi connectivity index (χ3v) is 17.0. The van der Waals surface area contributed by atoms with E-state index in [0.29, 0.717) is 57.7 Å². The maximum atomic E-state index is 14.0. The number of ether oxygens (including phenoxy) is 1. The molecular weight excluding hydrogens is 1640 g/mol. The molecule has 11 rings (SSSR count). The van der Waals surface area contributed by atoms with Gasteiger partial charge in [-0.15, -0.1) is 12.4 Å². The summed E-state index contributed by atoms with van der Waals surface area (Å²) in [7, 11) is 2.92. The number of benzene rings is 7. The van der Waals surface area contributed by atoms with Crippen LogP contribution in [0.15, 0.2) is 147 Å². The predicted octanol–water partition coefficient (Wildman–Crippen LogP) is 17.5. The van der Waals surface area contributed by atoms with Crippen molar-refractivity contribution in [1.29, 1.82) is 0 Å². The summed E-state index contributed by atoms with van der Waals surface area (Å²) in [6.07, 6.45) is 7.45. The van der Waals surface area contributed by atoms with Gasteiger partial charge in [-0.05, 0) is 203 Å². The van der Waals surface area contributed by atoms with Crippen LogP contribution in [0.2, 0.25) is 0 Å². The average molecular weight is 1710 g/mol. The highest BCUT2D eigenvalue weighted by Crippen LogP contribution is 2.31. The molecule has 0 spiro atoms. The monoisotopic (exact) mass is 1700 g/mol. The Morgan fingerprint density at radius 3 is 1.49 bits per heavy atom. The number of carbonyl (C=O) groups is 4. The topological polar surface area (TPSA) is 193 Å². The summed E-state index contributed by atoms with van der Waals surface area (Å²) >= 11 is 24.4. The van der Waals surface area contributed by atoms with Gasteiger partial charge in [0, 0.05) is 64.6 Å². The fraction of sp³-hybridized carbons (Fsp3) is 0.288. The molecule has 7 aromatic carbocycles. The smallest absolute Gasteiger partial charge is 0.407 e. The van der Waals surface area contributed by atoms with Crippen LogP contribution < -0.4 is 16.9 Å². The lowest BCUT2D eigenvalue weighted by atomic mass is 9.88. The SMILES string of the molecule is CO/N=C1\CCc2cc(Br)cc(F)c2C1.CON.Cl.NC1CCc2cc(Br)cc(F)c2C1.O=C(Cl)Cc1ccc(Br)cc1F.O=C(NC1CCc2cc(Br)cc(F)c2C1)OCc1ccccc1.O=C(O)Cc1ccc(Br)cc1F.O=C1CCc2cc(Br)cc(F)c2C1. The second-order valence-electron chi connectivity index (χ2n) is 20.8. The lowest BCUT2D eigenvalue weighted by Gasteiger charge is -2.25. The number of aliphatic carboxylic acids is 1. The first-order valence-corrected chi connectivity index (χ1v) is 33.1. The molecule has 4 aliphatic rings. The number of carboxylic acids is 1. The number of nitrogens with one attached hydrogen (secondary N) is 1. The number of carboxylic acid groups (broad SMARTS) is 1. The van der Waals surface area contributed by atoms with Crippen LogP contribution in [0.3, 0.4) is 0 Å². The summed E-state index contributed by atoms with van der Waals surface area (Å²) in [5, 5.41) is 14.5. The second-order valence-corrected chi connectivity index (χ2v) is 26.7. The first-order chi connectivity index (χ1) is 43.2. The molecule has 12 nitrogen and oxygen atoms in total. The number of nitrogens with two attached hydrogens (primary N) is 2. The van der Waals surface area contributed by atoms with Crippen LogP contribution in [-0.2, 0) is 99.6 Å². The summed E-state index contributed by atoms with van der Waals surface area (Å²) in [4.78, 5) is 52.1. The van der Waals surface area contributed by atoms with E-state index >= 15 is 0 Å². The molecule has 0 bridgehead atoms. The van der Waals surface area contributed by atoms with Gasteiger partial charge < -0.3 is 30.6 Å². The Bertz CT molecular complexity index is 3630. The van der Waals surface area contributed by atoms with Gasteiger partial charge in [0.05, 0.1) is 19.2 Å². The Morgan fingerprint density at radius 2 is 1.01 bits per heavy atom. The summed E-state index contributed by atoms with van der Waals surface area (Å²) in [5.74, 6) is 1.76. The van der Waals surface area contributed by atoms with Crippen molar-refractivity contribution in [2.45, 2.75) is 109 Å². The number of hydrogen-bond donors (Lipinski definition) is 4. The number of ketones is 1. The first-order valence-electron chi connectivity index (χ1n) is 28.0. The number of oxime groups is 1. The van der Waals surface area contributed by atoms with Crippen molar-refractivity contribution in [3.63, 3.8) is 0 Å². The largest absolute Gasteiger partial charge is 0.481 e.